The molecule has 1 aliphatic heterocycles. The number of hydrogen-bond acceptors (Lipinski definition) is 4. The number of likely N-dealkylation sites (tertiary alicyclic amines) is 1. The quantitative estimate of drug-likeness (QED) is 0.706. The molecular formula is C23H27N5O2. The van der Waals surface area contributed by atoms with Crippen molar-refractivity contribution in [2.75, 3.05) is 13.1 Å². The number of aromatic nitrogens is 3. The molecule has 1 fully saturated rings. The molecule has 0 bridgehead atoms. The first kappa shape index (κ1) is 20.1. The standard InChI is InChI=1S/C23H27N5O2/c1-3-7-19-18(23(30)27-12-10-17(11-13-27)21(24)29)14-25-22-20(15(2)26-28(19)22)16-8-5-4-6-9-16/h4-6,8-9,14,17H,3,7,10-13H2,1-2H3,(H2,24,29). The van der Waals surface area contributed by atoms with Crippen LogP contribution in [0.15, 0.2) is 36.5 Å². The third-order valence-corrected chi connectivity index (χ3v) is 5.88. The Morgan fingerprint density at radius 3 is 2.50 bits per heavy atom. The number of carbonyl (C=O) groups is 2. The molecule has 1 aromatic carbocycles. The molecule has 0 radical (unpaired) electrons. The fraction of sp³-hybridized carbons (Fsp3) is 0.391. The van der Waals surface area contributed by atoms with Crippen LogP contribution >= 0.6 is 0 Å². The van der Waals surface area contributed by atoms with Crippen LogP contribution in [0.5, 0.6) is 0 Å². The fourth-order valence-corrected chi connectivity index (χ4v) is 4.27. The van der Waals surface area contributed by atoms with E-state index >= 15 is 0 Å². The van der Waals surface area contributed by atoms with Gasteiger partial charge in [0.05, 0.1) is 17.0 Å². The van der Waals surface area contributed by atoms with Gasteiger partial charge in [-0.1, -0.05) is 43.7 Å². The number of rotatable bonds is 5. The van der Waals surface area contributed by atoms with Crippen LogP contribution in [0, 0.1) is 12.8 Å². The lowest BCUT2D eigenvalue weighted by atomic mass is 9.95. The highest BCUT2D eigenvalue weighted by molar-refractivity contribution is 5.96. The van der Waals surface area contributed by atoms with Gasteiger partial charge in [-0.15, -0.1) is 0 Å². The first-order valence-electron chi connectivity index (χ1n) is 10.5. The van der Waals surface area contributed by atoms with Gasteiger partial charge in [0, 0.05) is 30.8 Å². The largest absolute Gasteiger partial charge is 0.369 e. The number of nitrogens with zero attached hydrogens (tertiary/aromatic N) is 4. The average molecular weight is 406 g/mol. The second-order valence-corrected chi connectivity index (χ2v) is 7.90. The molecule has 30 heavy (non-hydrogen) atoms. The Morgan fingerprint density at radius 2 is 1.87 bits per heavy atom. The number of primary amides is 1. The zero-order valence-electron chi connectivity index (χ0n) is 17.5. The van der Waals surface area contributed by atoms with E-state index in [0.717, 1.165) is 41.0 Å². The molecule has 0 aliphatic carbocycles. The normalized spacial score (nSPS) is 14.9. The van der Waals surface area contributed by atoms with E-state index in [2.05, 4.69) is 11.9 Å². The Morgan fingerprint density at radius 1 is 1.17 bits per heavy atom. The lowest BCUT2D eigenvalue weighted by molar-refractivity contribution is -0.123. The molecule has 0 spiro atoms. The van der Waals surface area contributed by atoms with Gasteiger partial charge < -0.3 is 10.6 Å². The fourth-order valence-electron chi connectivity index (χ4n) is 4.27. The molecule has 0 saturated carbocycles. The van der Waals surface area contributed by atoms with E-state index in [1.54, 1.807) is 11.1 Å². The Hall–Kier alpha value is -3.22. The summed E-state index contributed by atoms with van der Waals surface area (Å²) in [5.74, 6) is -0.477. The highest BCUT2D eigenvalue weighted by atomic mass is 16.2. The monoisotopic (exact) mass is 405 g/mol. The molecule has 4 rings (SSSR count). The third-order valence-electron chi connectivity index (χ3n) is 5.88. The molecule has 7 nitrogen and oxygen atoms in total. The van der Waals surface area contributed by atoms with Crippen molar-refractivity contribution in [3.05, 3.63) is 53.5 Å². The van der Waals surface area contributed by atoms with Crippen LogP contribution < -0.4 is 5.73 Å². The van der Waals surface area contributed by atoms with Gasteiger partial charge in [0.25, 0.3) is 5.91 Å². The molecule has 1 saturated heterocycles. The van der Waals surface area contributed by atoms with Crippen molar-refractivity contribution in [1.82, 2.24) is 19.5 Å². The van der Waals surface area contributed by atoms with Gasteiger partial charge in [0.1, 0.15) is 0 Å². The number of fused-ring (bicyclic) bond motifs is 1. The van der Waals surface area contributed by atoms with Gasteiger partial charge in [0.15, 0.2) is 5.65 Å². The van der Waals surface area contributed by atoms with Crippen LogP contribution in [0.1, 0.15) is 47.9 Å². The summed E-state index contributed by atoms with van der Waals surface area (Å²) < 4.78 is 1.84. The third kappa shape index (κ3) is 3.56. The molecule has 0 atom stereocenters. The van der Waals surface area contributed by atoms with E-state index in [1.807, 2.05) is 41.8 Å². The SMILES string of the molecule is CCCc1c(C(=O)N2CCC(C(N)=O)CC2)cnc2c(-c3ccccc3)c(C)nn12. The van der Waals surface area contributed by atoms with Crippen LogP contribution in [0.25, 0.3) is 16.8 Å². The minimum Gasteiger partial charge on any atom is -0.369 e. The van der Waals surface area contributed by atoms with Crippen LogP contribution in [-0.4, -0.2) is 44.4 Å². The van der Waals surface area contributed by atoms with Crippen LogP contribution in [-0.2, 0) is 11.2 Å². The van der Waals surface area contributed by atoms with E-state index in [0.29, 0.717) is 31.5 Å². The van der Waals surface area contributed by atoms with Gasteiger partial charge >= 0.3 is 0 Å². The summed E-state index contributed by atoms with van der Waals surface area (Å²) in [5.41, 5.74) is 10.6. The number of amides is 2. The lowest BCUT2D eigenvalue weighted by Crippen LogP contribution is -2.42. The minimum absolute atomic E-state index is 0.0508. The van der Waals surface area contributed by atoms with Crippen molar-refractivity contribution in [3.63, 3.8) is 0 Å². The maximum absolute atomic E-state index is 13.3. The predicted octanol–water partition coefficient (Wildman–Crippen LogP) is 2.99. The Kier molecular flexibility index (Phi) is 5.53. The summed E-state index contributed by atoms with van der Waals surface area (Å²) in [4.78, 5) is 31.2. The maximum atomic E-state index is 13.3. The average Bonchev–Trinajstić information content (AvgIpc) is 3.10. The molecule has 3 heterocycles. The minimum atomic E-state index is -0.280. The number of piperidine rings is 1. The lowest BCUT2D eigenvalue weighted by Gasteiger charge is -2.31. The summed E-state index contributed by atoms with van der Waals surface area (Å²) in [6, 6.07) is 10.1. The van der Waals surface area contributed by atoms with E-state index < -0.39 is 0 Å². The van der Waals surface area contributed by atoms with E-state index in [1.165, 1.54) is 0 Å². The highest BCUT2D eigenvalue weighted by Crippen LogP contribution is 2.29. The first-order chi connectivity index (χ1) is 14.5. The van der Waals surface area contributed by atoms with Crippen molar-refractivity contribution >= 4 is 17.5 Å². The second kappa shape index (κ2) is 8.26. The topological polar surface area (TPSA) is 93.6 Å². The molecule has 2 N–H and O–H groups in total. The summed E-state index contributed by atoms with van der Waals surface area (Å²) in [5, 5.41) is 4.75. The number of hydrogen-bond donors (Lipinski definition) is 1. The van der Waals surface area contributed by atoms with Gasteiger partial charge in [-0.3, -0.25) is 9.59 Å². The van der Waals surface area contributed by atoms with Gasteiger partial charge in [-0.05, 0) is 31.7 Å². The van der Waals surface area contributed by atoms with Crippen LogP contribution in [0.3, 0.4) is 0 Å². The Labute approximate surface area is 175 Å². The second-order valence-electron chi connectivity index (χ2n) is 7.90. The molecular weight excluding hydrogens is 378 g/mol. The summed E-state index contributed by atoms with van der Waals surface area (Å²) in [6.07, 6.45) is 4.53. The van der Waals surface area contributed by atoms with Crippen molar-refractivity contribution in [3.8, 4) is 11.1 Å². The number of benzene rings is 1. The van der Waals surface area contributed by atoms with Crippen LogP contribution in [0.2, 0.25) is 0 Å². The molecule has 3 aromatic rings. The molecule has 156 valence electrons. The van der Waals surface area contributed by atoms with Crippen molar-refractivity contribution < 1.29 is 9.59 Å². The summed E-state index contributed by atoms with van der Waals surface area (Å²) >= 11 is 0. The first-order valence-corrected chi connectivity index (χ1v) is 10.5. The molecule has 2 aromatic heterocycles. The molecule has 7 heteroatoms. The molecule has 0 unspecified atom stereocenters. The number of nitrogens with two attached hydrogens (primary N) is 1. The number of aryl methyl sites for hydroxylation is 2. The zero-order chi connectivity index (χ0) is 21.3. The maximum Gasteiger partial charge on any atom is 0.257 e. The van der Waals surface area contributed by atoms with Crippen molar-refractivity contribution in [2.45, 2.75) is 39.5 Å². The van der Waals surface area contributed by atoms with Crippen molar-refractivity contribution in [1.29, 1.82) is 0 Å². The summed E-state index contributed by atoms with van der Waals surface area (Å²) in [6.45, 7) is 5.13. The molecule has 1 aliphatic rings. The van der Waals surface area contributed by atoms with Crippen LogP contribution in [0.4, 0.5) is 0 Å². The smallest absolute Gasteiger partial charge is 0.257 e. The van der Waals surface area contributed by atoms with Gasteiger partial charge in [-0.2, -0.15) is 5.10 Å². The molecule has 2 amide bonds. The van der Waals surface area contributed by atoms with E-state index in [9.17, 15) is 9.59 Å². The van der Waals surface area contributed by atoms with Gasteiger partial charge in [-0.25, -0.2) is 9.50 Å². The number of carbonyl (C=O) groups excluding carboxylic acids is 2. The Balaban J connectivity index is 1.73. The predicted molar refractivity (Wildman–Crippen MR) is 115 cm³/mol. The van der Waals surface area contributed by atoms with Gasteiger partial charge in [0.2, 0.25) is 5.91 Å². The highest BCUT2D eigenvalue weighted by Gasteiger charge is 2.29. The summed E-state index contributed by atoms with van der Waals surface area (Å²) in [7, 11) is 0. The Bertz CT molecular complexity index is 1080. The zero-order valence-corrected chi connectivity index (χ0v) is 17.5. The van der Waals surface area contributed by atoms with E-state index in [4.69, 9.17) is 10.8 Å². The van der Waals surface area contributed by atoms with Crippen molar-refractivity contribution in [2.24, 2.45) is 11.7 Å². The van der Waals surface area contributed by atoms with E-state index in [-0.39, 0.29) is 17.7 Å².